The summed E-state index contributed by atoms with van der Waals surface area (Å²) in [4.78, 5) is 4.64. The molecule has 0 saturated heterocycles. The van der Waals surface area contributed by atoms with Gasteiger partial charge in [-0.15, -0.1) is 22.7 Å². The first-order chi connectivity index (χ1) is 29.6. The molecule has 0 aliphatic rings. The number of hydrogen-bond donors (Lipinski definition) is 6. The second-order valence-electron chi connectivity index (χ2n) is 16.0. The number of ether oxygens (including phenoxy) is 1. The van der Waals surface area contributed by atoms with Crippen LogP contribution >= 0.6 is 22.7 Å². The van der Waals surface area contributed by atoms with E-state index in [1.165, 1.54) is 43.1 Å². The van der Waals surface area contributed by atoms with E-state index in [2.05, 4.69) is 88.4 Å². The Balaban J connectivity index is 1.13. The van der Waals surface area contributed by atoms with E-state index >= 15 is 0 Å². The standard InChI is InChI=1S/C52H62O7S2/c1-5-35(22-24-53)38-12-18-45(33(4)26-38)49-21-17-44(61-49)32-59-42-14-11-41(31-56)48(29-42)52(58)51(57)47-27-34(8-10-40(47)30-55)9-15-43-16-20-50(60-43)46-19-13-39(28-37(46)7-3)36(6-2)23-25-54/h8,10-14,16-21,26-29,35-36,51-58H,5-7,9,15,22-25,30-32H2,1-4H3. The average molecular weight is 863 g/mol. The van der Waals surface area contributed by atoms with Crippen LogP contribution in [0, 0.1) is 6.92 Å². The summed E-state index contributed by atoms with van der Waals surface area (Å²) in [6.45, 7) is 8.69. The average Bonchev–Trinajstić information content (AvgIpc) is 3.98. The Morgan fingerprint density at radius 2 is 1.13 bits per heavy atom. The van der Waals surface area contributed by atoms with Crippen molar-refractivity contribution in [1.29, 1.82) is 0 Å². The van der Waals surface area contributed by atoms with E-state index in [4.69, 9.17) is 4.74 Å². The molecule has 61 heavy (non-hydrogen) atoms. The lowest BCUT2D eigenvalue weighted by Crippen LogP contribution is -2.15. The van der Waals surface area contributed by atoms with Crippen LogP contribution in [0.5, 0.6) is 5.75 Å². The predicted molar refractivity (Wildman–Crippen MR) is 249 cm³/mol. The van der Waals surface area contributed by atoms with Crippen molar-refractivity contribution in [2.45, 2.75) is 117 Å². The molecule has 0 aliphatic carbocycles. The second kappa shape index (κ2) is 22.3. The molecule has 7 nitrogen and oxygen atoms in total. The first kappa shape index (κ1) is 46.3. The number of hydrogen-bond acceptors (Lipinski definition) is 9. The van der Waals surface area contributed by atoms with E-state index in [1.807, 2.05) is 18.2 Å². The molecular formula is C52H62O7S2. The van der Waals surface area contributed by atoms with Gasteiger partial charge in [0.1, 0.15) is 24.6 Å². The van der Waals surface area contributed by atoms with Crippen LogP contribution in [0.4, 0.5) is 0 Å². The molecule has 324 valence electrons. The lowest BCUT2D eigenvalue weighted by molar-refractivity contribution is 0.0147. The molecule has 4 unspecified atom stereocenters. The van der Waals surface area contributed by atoms with E-state index in [0.29, 0.717) is 52.9 Å². The molecule has 0 saturated carbocycles. The van der Waals surface area contributed by atoms with E-state index in [9.17, 15) is 30.6 Å². The molecule has 0 radical (unpaired) electrons. The van der Waals surface area contributed by atoms with Crippen LogP contribution in [0.15, 0.2) is 97.1 Å². The van der Waals surface area contributed by atoms with Gasteiger partial charge in [-0.2, -0.15) is 0 Å². The summed E-state index contributed by atoms with van der Waals surface area (Å²) in [6.07, 6.45) is 3.20. The monoisotopic (exact) mass is 862 g/mol. The molecule has 0 aliphatic heterocycles. The molecule has 4 atom stereocenters. The normalized spacial score (nSPS) is 13.6. The molecule has 6 N–H and O–H groups in total. The smallest absolute Gasteiger partial charge is 0.122 e. The molecule has 9 heteroatoms. The number of rotatable bonds is 22. The molecule has 4 aromatic carbocycles. The first-order valence-corrected chi connectivity index (χ1v) is 23.4. The van der Waals surface area contributed by atoms with Crippen LogP contribution in [-0.2, 0) is 39.1 Å². The van der Waals surface area contributed by atoms with Gasteiger partial charge < -0.3 is 35.4 Å². The number of aliphatic hydroxyl groups is 6. The molecule has 6 rings (SSSR count). The van der Waals surface area contributed by atoms with Crippen LogP contribution in [0.25, 0.3) is 20.9 Å². The lowest BCUT2D eigenvalue weighted by atomic mass is 9.90. The van der Waals surface area contributed by atoms with Gasteiger partial charge in [0.15, 0.2) is 0 Å². The van der Waals surface area contributed by atoms with E-state index in [-0.39, 0.29) is 26.4 Å². The minimum absolute atomic E-state index is 0.180. The Morgan fingerprint density at radius 1 is 0.557 bits per heavy atom. The third kappa shape index (κ3) is 11.3. The summed E-state index contributed by atoms with van der Waals surface area (Å²) < 4.78 is 6.21. The van der Waals surface area contributed by atoms with Crippen molar-refractivity contribution in [2.75, 3.05) is 13.2 Å². The summed E-state index contributed by atoms with van der Waals surface area (Å²) >= 11 is 3.44. The Labute approximate surface area is 369 Å². The van der Waals surface area contributed by atoms with E-state index in [0.717, 1.165) is 53.8 Å². The number of aliphatic hydroxyl groups excluding tert-OH is 6. The van der Waals surface area contributed by atoms with Gasteiger partial charge in [-0.05, 0) is 161 Å². The Bertz CT molecular complexity index is 2330. The second-order valence-corrected chi connectivity index (χ2v) is 18.3. The fraction of sp³-hybridized carbons (Fsp3) is 0.385. The van der Waals surface area contributed by atoms with Gasteiger partial charge in [-0.25, -0.2) is 0 Å². The van der Waals surface area contributed by atoms with Gasteiger partial charge in [-0.3, -0.25) is 0 Å². The van der Waals surface area contributed by atoms with Crippen LogP contribution in [0.2, 0.25) is 0 Å². The van der Waals surface area contributed by atoms with Gasteiger partial charge in [0.05, 0.1) is 13.2 Å². The van der Waals surface area contributed by atoms with Crippen LogP contribution in [0.3, 0.4) is 0 Å². The Hall–Kier alpha value is -4.16. The molecule has 0 fully saturated rings. The van der Waals surface area contributed by atoms with Crippen molar-refractivity contribution in [2.24, 2.45) is 0 Å². The SMILES string of the molecule is CCc1cc(C(CC)CCO)ccc1-c1ccc(CCc2ccc(CO)c(C(O)C(O)c3cc(OCc4ccc(-c5ccc(C(CC)CCO)cc5C)s4)ccc3CO)c2)s1. The van der Waals surface area contributed by atoms with E-state index in [1.54, 1.807) is 40.9 Å². The Kier molecular flexibility index (Phi) is 16.9. The largest absolute Gasteiger partial charge is 0.488 e. The van der Waals surface area contributed by atoms with Crippen molar-refractivity contribution in [1.82, 2.24) is 0 Å². The highest BCUT2D eigenvalue weighted by atomic mass is 32.1. The number of aryl methyl sites for hydroxylation is 4. The first-order valence-electron chi connectivity index (χ1n) is 21.7. The van der Waals surface area contributed by atoms with Crippen molar-refractivity contribution >= 4 is 22.7 Å². The number of benzene rings is 4. The van der Waals surface area contributed by atoms with Crippen LogP contribution in [-0.4, -0.2) is 43.9 Å². The molecule has 2 aromatic heterocycles. The fourth-order valence-corrected chi connectivity index (χ4v) is 10.5. The zero-order valence-corrected chi connectivity index (χ0v) is 37.6. The molecule has 0 bridgehead atoms. The summed E-state index contributed by atoms with van der Waals surface area (Å²) in [5.41, 5.74) is 10.3. The zero-order chi connectivity index (χ0) is 43.5. The topological polar surface area (TPSA) is 131 Å². The Morgan fingerprint density at radius 3 is 1.74 bits per heavy atom. The molecule has 6 aromatic rings. The van der Waals surface area contributed by atoms with Crippen molar-refractivity contribution in [3.63, 3.8) is 0 Å². The maximum absolute atomic E-state index is 11.7. The highest BCUT2D eigenvalue weighted by Gasteiger charge is 2.26. The summed E-state index contributed by atoms with van der Waals surface area (Å²) in [7, 11) is 0. The van der Waals surface area contributed by atoms with Gasteiger partial charge in [0.2, 0.25) is 0 Å². The minimum atomic E-state index is -1.38. The summed E-state index contributed by atoms with van der Waals surface area (Å²) in [5, 5.41) is 62.9. The highest BCUT2D eigenvalue weighted by molar-refractivity contribution is 7.15. The summed E-state index contributed by atoms with van der Waals surface area (Å²) in [5.74, 6) is 1.20. The van der Waals surface area contributed by atoms with Crippen LogP contribution in [0.1, 0.15) is 130 Å². The molecular weight excluding hydrogens is 801 g/mol. The molecule has 2 heterocycles. The number of thiophene rings is 2. The maximum Gasteiger partial charge on any atom is 0.122 e. The minimum Gasteiger partial charge on any atom is -0.488 e. The molecule has 0 spiro atoms. The summed E-state index contributed by atoms with van der Waals surface area (Å²) in [6, 6.07) is 32.6. The zero-order valence-electron chi connectivity index (χ0n) is 35.9. The molecule has 0 amide bonds. The van der Waals surface area contributed by atoms with Gasteiger partial charge in [0, 0.05) is 32.7 Å². The predicted octanol–water partition coefficient (Wildman–Crippen LogP) is 10.9. The van der Waals surface area contributed by atoms with Crippen molar-refractivity contribution in [3.05, 3.63) is 157 Å². The fourth-order valence-electron chi connectivity index (χ4n) is 8.46. The maximum atomic E-state index is 11.7. The lowest BCUT2D eigenvalue weighted by Gasteiger charge is -2.24. The quantitative estimate of drug-likeness (QED) is 0.0401. The van der Waals surface area contributed by atoms with Gasteiger partial charge in [-0.1, -0.05) is 81.4 Å². The third-order valence-electron chi connectivity index (χ3n) is 12.1. The van der Waals surface area contributed by atoms with Crippen LogP contribution < -0.4 is 4.74 Å². The third-order valence-corrected chi connectivity index (χ3v) is 14.4. The van der Waals surface area contributed by atoms with Gasteiger partial charge >= 0.3 is 0 Å². The van der Waals surface area contributed by atoms with E-state index < -0.39 is 12.2 Å². The van der Waals surface area contributed by atoms with Crippen molar-refractivity contribution in [3.8, 4) is 26.6 Å². The highest BCUT2D eigenvalue weighted by Crippen LogP contribution is 2.38. The van der Waals surface area contributed by atoms with Crippen molar-refractivity contribution < 1.29 is 35.4 Å². The van der Waals surface area contributed by atoms with Gasteiger partial charge in [0.25, 0.3) is 0 Å².